The predicted molar refractivity (Wildman–Crippen MR) is 139 cm³/mol. The smallest absolute Gasteiger partial charge is 0.410 e. The fourth-order valence-electron chi connectivity index (χ4n) is 3.76. The Balaban J connectivity index is 1.91. The quantitative estimate of drug-likeness (QED) is 0.384. The van der Waals surface area contributed by atoms with Crippen LogP contribution in [0.4, 0.5) is 4.79 Å². The van der Waals surface area contributed by atoms with Gasteiger partial charge in [0.15, 0.2) is 0 Å². The molecule has 0 unspecified atom stereocenters. The lowest BCUT2D eigenvalue weighted by atomic mass is 10.1. The summed E-state index contributed by atoms with van der Waals surface area (Å²) in [6.45, 7) is 2.07. The van der Waals surface area contributed by atoms with E-state index in [1.54, 1.807) is 4.90 Å². The molecule has 1 fully saturated rings. The number of hydrogen-bond acceptors (Lipinski definition) is 7. The second-order valence-corrected chi connectivity index (χ2v) is 9.53. The molecule has 0 radical (unpaired) electrons. The molecule has 0 spiro atoms. The number of carbonyl (C=O) groups excluding carboxylic acids is 4. The van der Waals surface area contributed by atoms with Gasteiger partial charge in [-0.1, -0.05) is 30.3 Å². The standard InChI is InChI=1S/C26H41N5O6/c1-28(2)15-16-36-20-22(25(34)29(3)18-24(33)31-13-9-6-10-14-31)27-23(32)17-30(4)26(35)37-19-21-11-7-5-8-12-21/h5,7-8,11-12,22H,6,9-10,13-20H2,1-4H3,(H,27,32)/t22-/m0/s1. The van der Waals surface area contributed by atoms with Crippen LogP contribution in [0.2, 0.25) is 0 Å². The molecule has 0 bridgehead atoms. The van der Waals surface area contributed by atoms with Crippen LogP contribution in [0.25, 0.3) is 0 Å². The van der Waals surface area contributed by atoms with Gasteiger partial charge >= 0.3 is 6.09 Å². The minimum absolute atomic E-state index is 0.0528. The third-order valence-electron chi connectivity index (χ3n) is 5.96. The summed E-state index contributed by atoms with van der Waals surface area (Å²) in [5, 5.41) is 2.66. The molecule has 1 aromatic rings. The Bertz CT molecular complexity index is 875. The van der Waals surface area contributed by atoms with Crippen molar-refractivity contribution in [1.29, 1.82) is 0 Å². The molecule has 1 aliphatic rings. The van der Waals surface area contributed by atoms with Crippen LogP contribution >= 0.6 is 0 Å². The van der Waals surface area contributed by atoms with Crippen molar-refractivity contribution < 1.29 is 28.7 Å². The number of piperidine rings is 1. The van der Waals surface area contributed by atoms with E-state index in [2.05, 4.69) is 5.32 Å². The van der Waals surface area contributed by atoms with Gasteiger partial charge in [0.05, 0.1) is 19.8 Å². The molecular weight excluding hydrogens is 478 g/mol. The molecule has 206 valence electrons. The van der Waals surface area contributed by atoms with Crippen LogP contribution < -0.4 is 5.32 Å². The number of amides is 4. The molecule has 37 heavy (non-hydrogen) atoms. The van der Waals surface area contributed by atoms with E-state index in [9.17, 15) is 19.2 Å². The highest BCUT2D eigenvalue weighted by Gasteiger charge is 2.28. The Labute approximate surface area is 219 Å². The van der Waals surface area contributed by atoms with Gasteiger partial charge in [-0.15, -0.1) is 0 Å². The minimum Gasteiger partial charge on any atom is -0.445 e. The third kappa shape index (κ3) is 11.2. The molecule has 0 aliphatic carbocycles. The number of carbonyl (C=O) groups is 4. The van der Waals surface area contributed by atoms with Crippen molar-refractivity contribution in [3.8, 4) is 0 Å². The van der Waals surface area contributed by atoms with Gasteiger partial charge in [0, 0.05) is 33.7 Å². The first-order valence-corrected chi connectivity index (χ1v) is 12.6. The van der Waals surface area contributed by atoms with Crippen molar-refractivity contribution in [2.24, 2.45) is 0 Å². The number of nitrogens with one attached hydrogen (secondary N) is 1. The van der Waals surface area contributed by atoms with Crippen LogP contribution in [0, 0.1) is 0 Å². The molecule has 11 nitrogen and oxygen atoms in total. The van der Waals surface area contributed by atoms with Crippen LogP contribution in [0.3, 0.4) is 0 Å². The summed E-state index contributed by atoms with van der Waals surface area (Å²) in [5.74, 6) is -1.09. The monoisotopic (exact) mass is 519 g/mol. The maximum Gasteiger partial charge on any atom is 0.410 e. The van der Waals surface area contributed by atoms with Crippen LogP contribution in [0.1, 0.15) is 24.8 Å². The second-order valence-electron chi connectivity index (χ2n) is 9.53. The van der Waals surface area contributed by atoms with Crippen molar-refractivity contribution in [3.05, 3.63) is 35.9 Å². The van der Waals surface area contributed by atoms with Crippen LogP contribution in [0.5, 0.6) is 0 Å². The summed E-state index contributed by atoms with van der Waals surface area (Å²) < 4.78 is 10.9. The summed E-state index contributed by atoms with van der Waals surface area (Å²) >= 11 is 0. The van der Waals surface area contributed by atoms with E-state index in [0.29, 0.717) is 26.2 Å². The maximum atomic E-state index is 13.1. The largest absolute Gasteiger partial charge is 0.445 e. The molecule has 1 atom stereocenters. The Morgan fingerprint density at radius 1 is 0.946 bits per heavy atom. The molecule has 1 saturated heterocycles. The van der Waals surface area contributed by atoms with Crippen molar-refractivity contribution in [1.82, 2.24) is 24.9 Å². The zero-order valence-electron chi connectivity index (χ0n) is 22.5. The molecule has 1 aliphatic heterocycles. The molecular formula is C26H41N5O6. The summed E-state index contributed by atoms with van der Waals surface area (Å²) in [6, 6.07) is 8.22. The van der Waals surface area contributed by atoms with Gasteiger partial charge in [0.25, 0.3) is 0 Å². The van der Waals surface area contributed by atoms with E-state index < -0.39 is 23.9 Å². The van der Waals surface area contributed by atoms with Crippen molar-refractivity contribution >= 4 is 23.8 Å². The topological polar surface area (TPSA) is 112 Å². The number of nitrogens with zero attached hydrogens (tertiary/aromatic N) is 4. The van der Waals surface area contributed by atoms with E-state index in [0.717, 1.165) is 29.7 Å². The number of hydrogen-bond donors (Lipinski definition) is 1. The van der Waals surface area contributed by atoms with E-state index in [4.69, 9.17) is 9.47 Å². The highest BCUT2D eigenvalue weighted by molar-refractivity contribution is 5.91. The summed E-state index contributed by atoms with van der Waals surface area (Å²) in [6.07, 6.45) is 2.37. The van der Waals surface area contributed by atoms with Gasteiger partial charge < -0.3 is 34.4 Å². The molecule has 1 aromatic carbocycles. The van der Waals surface area contributed by atoms with Gasteiger partial charge in [-0.3, -0.25) is 14.4 Å². The Kier molecular flexibility index (Phi) is 12.9. The van der Waals surface area contributed by atoms with Gasteiger partial charge in [0.1, 0.15) is 19.2 Å². The molecule has 0 saturated carbocycles. The molecule has 0 aromatic heterocycles. The summed E-state index contributed by atoms with van der Waals surface area (Å²) in [7, 11) is 6.79. The van der Waals surface area contributed by atoms with Gasteiger partial charge in [-0.2, -0.15) is 0 Å². The fourth-order valence-corrected chi connectivity index (χ4v) is 3.76. The van der Waals surface area contributed by atoms with E-state index in [-0.39, 0.29) is 32.2 Å². The van der Waals surface area contributed by atoms with E-state index in [1.807, 2.05) is 49.3 Å². The maximum absolute atomic E-state index is 13.1. The lowest BCUT2D eigenvalue weighted by Gasteiger charge is -2.30. The molecule has 2 rings (SSSR count). The Morgan fingerprint density at radius 3 is 2.27 bits per heavy atom. The fraction of sp³-hybridized carbons (Fsp3) is 0.615. The third-order valence-corrected chi connectivity index (χ3v) is 5.96. The molecule has 1 N–H and O–H groups in total. The molecule has 4 amide bonds. The zero-order chi connectivity index (χ0) is 27.2. The average Bonchev–Trinajstić information content (AvgIpc) is 2.89. The van der Waals surface area contributed by atoms with Gasteiger partial charge in [-0.25, -0.2) is 4.79 Å². The number of likely N-dealkylation sites (N-methyl/N-ethyl adjacent to an activating group) is 3. The predicted octanol–water partition coefficient (Wildman–Crippen LogP) is 0.789. The van der Waals surface area contributed by atoms with Crippen molar-refractivity contribution in [2.75, 3.05) is 74.1 Å². The Hall–Kier alpha value is -3.18. The summed E-state index contributed by atoms with van der Waals surface area (Å²) in [5.41, 5.74) is 0.830. The lowest BCUT2D eigenvalue weighted by molar-refractivity contribution is -0.143. The van der Waals surface area contributed by atoms with E-state index in [1.165, 1.54) is 19.0 Å². The SMILES string of the molecule is CN(C)CCOC[C@H](NC(=O)CN(C)C(=O)OCc1ccccc1)C(=O)N(C)CC(=O)N1CCCCC1. The van der Waals surface area contributed by atoms with Gasteiger partial charge in [-0.05, 0) is 38.9 Å². The van der Waals surface area contributed by atoms with Gasteiger partial charge in [0.2, 0.25) is 17.7 Å². The lowest BCUT2D eigenvalue weighted by Crippen LogP contribution is -2.54. The first kappa shape index (κ1) is 30.0. The van der Waals surface area contributed by atoms with E-state index >= 15 is 0 Å². The molecule has 1 heterocycles. The normalized spacial score (nSPS) is 14.1. The second kappa shape index (κ2) is 15.8. The number of benzene rings is 1. The number of ether oxygens (including phenoxy) is 2. The van der Waals surface area contributed by atoms with Crippen LogP contribution in [-0.2, 0) is 30.5 Å². The average molecular weight is 520 g/mol. The highest BCUT2D eigenvalue weighted by atomic mass is 16.6. The zero-order valence-corrected chi connectivity index (χ0v) is 22.5. The van der Waals surface area contributed by atoms with Crippen LogP contribution in [0.15, 0.2) is 30.3 Å². The minimum atomic E-state index is -0.998. The number of rotatable bonds is 13. The highest BCUT2D eigenvalue weighted by Crippen LogP contribution is 2.09. The first-order chi connectivity index (χ1) is 17.7. The molecule has 11 heteroatoms. The van der Waals surface area contributed by atoms with Crippen LogP contribution in [-0.4, -0.2) is 124 Å². The van der Waals surface area contributed by atoms with Crippen molar-refractivity contribution in [3.63, 3.8) is 0 Å². The number of likely N-dealkylation sites (tertiary alicyclic amines) is 1. The van der Waals surface area contributed by atoms with Crippen molar-refractivity contribution in [2.45, 2.75) is 31.9 Å². The summed E-state index contributed by atoms with van der Waals surface area (Å²) in [4.78, 5) is 56.9. The Morgan fingerprint density at radius 2 is 1.62 bits per heavy atom. The first-order valence-electron chi connectivity index (χ1n) is 12.6.